The van der Waals surface area contributed by atoms with Gasteiger partial charge in [-0.25, -0.2) is 8.78 Å². The highest BCUT2D eigenvalue weighted by atomic mass is 19.2. The quantitative estimate of drug-likeness (QED) is 0.751. The average molecular weight is 223 g/mol. The van der Waals surface area contributed by atoms with E-state index in [9.17, 15) is 8.78 Å². The third kappa shape index (κ3) is 2.23. The normalized spacial score (nSPS) is 12.3. The Labute approximate surface area is 93.5 Å². The van der Waals surface area contributed by atoms with E-state index in [0.717, 1.165) is 17.5 Å². The minimum atomic E-state index is -0.809. The molecule has 0 amide bonds. The monoisotopic (exact) mass is 223 g/mol. The first-order valence-corrected chi connectivity index (χ1v) is 5.32. The molecule has 0 spiro atoms. The van der Waals surface area contributed by atoms with Crippen molar-refractivity contribution < 1.29 is 8.78 Å². The fourth-order valence-electron chi connectivity index (χ4n) is 1.85. The lowest BCUT2D eigenvalue weighted by molar-refractivity contribution is 0.407. The molecule has 0 saturated carbocycles. The van der Waals surface area contributed by atoms with Crippen molar-refractivity contribution in [3.63, 3.8) is 0 Å². The van der Waals surface area contributed by atoms with Gasteiger partial charge in [-0.1, -0.05) is 20.8 Å². The van der Waals surface area contributed by atoms with Crippen LogP contribution < -0.4 is 0 Å². The average Bonchev–Trinajstić information content (AvgIpc) is 2.44. The first-order chi connectivity index (χ1) is 7.35. The van der Waals surface area contributed by atoms with Gasteiger partial charge in [-0.05, 0) is 24.0 Å². The Bertz CT molecular complexity index is 481. The zero-order chi connectivity index (χ0) is 11.9. The van der Waals surface area contributed by atoms with Crippen LogP contribution in [0.5, 0.6) is 0 Å². The molecule has 0 atom stereocenters. The summed E-state index contributed by atoms with van der Waals surface area (Å²) < 4.78 is 26.0. The van der Waals surface area contributed by atoms with Crippen molar-refractivity contribution in [1.29, 1.82) is 0 Å². The Balaban J connectivity index is 2.44. The summed E-state index contributed by atoms with van der Waals surface area (Å²) >= 11 is 0. The SMILES string of the molecule is CC(C)(C)Cc1cc2cc(F)c(F)cc2[nH]1. The fraction of sp³-hybridized carbons (Fsp3) is 0.385. The summed E-state index contributed by atoms with van der Waals surface area (Å²) in [7, 11) is 0. The van der Waals surface area contributed by atoms with Gasteiger partial charge >= 0.3 is 0 Å². The van der Waals surface area contributed by atoms with E-state index in [1.54, 1.807) is 0 Å². The van der Waals surface area contributed by atoms with Crippen LogP contribution >= 0.6 is 0 Å². The number of nitrogens with one attached hydrogen (secondary N) is 1. The Morgan fingerprint density at radius 1 is 1.06 bits per heavy atom. The van der Waals surface area contributed by atoms with Crippen LogP contribution in [0.2, 0.25) is 0 Å². The van der Waals surface area contributed by atoms with Crippen LogP contribution in [0.3, 0.4) is 0 Å². The Morgan fingerprint density at radius 3 is 2.31 bits per heavy atom. The van der Waals surface area contributed by atoms with Crippen LogP contribution in [0.15, 0.2) is 18.2 Å². The van der Waals surface area contributed by atoms with Crippen LogP contribution in [0.4, 0.5) is 8.78 Å². The molecular weight excluding hydrogens is 208 g/mol. The number of aromatic amines is 1. The molecule has 86 valence electrons. The number of halogens is 2. The molecule has 0 aliphatic rings. The van der Waals surface area contributed by atoms with Gasteiger partial charge in [0, 0.05) is 22.7 Å². The number of rotatable bonds is 1. The molecule has 0 saturated heterocycles. The summed E-state index contributed by atoms with van der Waals surface area (Å²) in [4.78, 5) is 3.11. The number of hydrogen-bond donors (Lipinski definition) is 1. The highest BCUT2D eigenvalue weighted by Crippen LogP contribution is 2.24. The van der Waals surface area contributed by atoms with Crippen molar-refractivity contribution in [2.75, 3.05) is 0 Å². The Kier molecular flexibility index (Phi) is 2.49. The van der Waals surface area contributed by atoms with E-state index in [0.29, 0.717) is 5.52 Å². The highest BCUT2D eigenvalue weighted by molar-refractivity contribution is 5.80. The van der Waals surface area contributed by atoms with E-state index in [4.69, 9.17) is 0 Å². The van der Waals surface area contributed by atoms with Gasteiger partial charge in [0.05, 0.1) is 0 Å². The van der Waals surface area contributed by atoms with E-state index in [1.165, 1.54) is 12.1 Å². The summed E-state index contributed by atoms with van der Waals surface area (Å²) in [5.41, 5.74) is 1.81. The predicted molar refractivity (Wildman–Crippen MR) is 61.4 cm³/mol. The molecule has 2 rings (SSSR count). The minimum Gasteiger partial charge on any atom is -0.358 e. The van der Waals surface area contributed by atoms with Gasteiger partial charge in [0.1, 0.15) is 0 Å². The van der Waals surface area contributed by atoms with E-state index >= 15 is 0 Å². The largest absolute Gasteiger partial charge is 0.358 e. The molecule has 2 aromatic rings. The fourth-order valence-corrected chi connectivity index (χ4v) is 1.85. The summed E-state index contributed by atoms with van der Waals surface area (Å²) in [6, 6.07) is 4.31. The molecule has 0 aliphatic heterocycles. The molecule has 0 unspecified atom stereocenters. The second-order valence-electron chi connectivity index (χ2n) is 5.39. The third-order valence-electron chi connectivity index (χ3n) is 2.44. The maximum absolute atomic E-state index is 13.0. The van der Waals surface area contributed by atoms with Crippen LogP contribution in [0.25, 0.3) is 10.9 Å². The summed E-state index contributed by atoms with van der Waals surface area (Å²) in [5, 5.41) is 0.721. The number of hydrogen-bond acceptors (Lipinski definition) is 0. The van der Waals surface area contributed by atoms with Crippen molar-refractivity contribution >= 4 is 10.9 Å². The minimum absolute atomic E-state index is 0.151. The molecule has 1 N–H and O–H groups in total. The molecule has 0 fully saturated rings. The maximum atomic E-state index is 13.0. The predicted octanol–water partition coefficient (Wildman–Crippen LogP) is 4.03. The van der Waals surface area contributed by atoms with Crippen molar-refractivity contribution in [2.24, 2.45) is 5.41 Å². The highest BCUT2D eigenvalue weighted by Gasteiger charge is 2.14. The lowest BCUT2D eigenvalue weighted by Crippen LogP contribution is -2.09. The number of H-pyrrole nitrogens is 1. The van der Waals surface area contributed by atoms with Gasteiger partial charge in [0.15, 0.2) is 11.6 Å². The molecule has 1 nitrogen and oxygen atoms in total. The molecule has 16 heavy (non-hydrogen) atoms. The van der Waals surface area contributed by atoms with Gasteiger partial charge in [-0.3, -0.25) is 0 Å². The van der Waals surface area contributed by atoms with Crippen molar-refractivity contribution in [2.45, 2.75) is 27.2 Å². The maximum Gasteiger partial charge on any atom is 0.160 e. The van der Waals surface area contributed by atoms with Gasteiger partial charge in [-0.15, -0.1) is 0 Å². The first-order valence-electron chi connectivity index (χ1n) is 5.32. The molecule has 1 heterocycles. The van der Waals surface area contributed by atoms with E-state index in [1.807, 2.05) is 6.07 Å². The van der Waals surface area contributed by atoms with Gasteiger partial charge in [-0.2, -0.15) is 0 Å². The molecule has 3 heteroatoms. The molecule has 1 aromatic carbocycles. The number of fused-ring (bicyclic) bond motifs is 1. The molecule has 0 radical (unpaired) electrons. The first kappa shape index (κ1) is 11.1. The molecule has 1 aromatic heterocycles. The smallest absolute Gasteiger partial charge is 0.160 e. The molecule has 0 aliphatic carbocycles. The van der Waals surface area contributed by atoms with E-state index in [2.05, 4.69) is 25.8 Å². The third-order valence-corrected chi connectivity index (χ3v) is 2.44. The lowest BCUT2D eigenvalue weighted by atomic mass is 9.91. The van der Waals surface area contributed by atoms with Gasteiger partial charge in [0.25, 0.3) is 0 Å². The zero-order valence-corrected chi connectivity index (χ0v) is 9.70. The van der Waals surface area contributed by atoms with Crippen molar-refractivity contribution in [3.05, 3.63) is 35.5 Å². The van der Waals surface area contributed by atoms with Crippen LogP contribution in [0, 0.1) is 17.0 Å². The Hall–Kier alpha value is -1.38. The Morgan fingerprint density at radius 2 is 1.69 bits per heavy atom. The summed E-state index contributed by atoms with van der Waals surface area (Å²) in [5.74, 6) is -1.61. The standard InChI is InChI=1S/C13H15F2N/c1-13(2,3)7-9-4-8-5-10(14)11(15)6-12(8)16-9/h4-6,16H,7H2,1-3H3. The summed E-state index contributed by atoms with van der Waals surface area (Å²) in [6.45, 7) is 6.37. The van der Waals surface area contributed by atoms with Crippen LogP contribution in [-0.2, 0) is 6.42 Å². The van der Waals surface area contributed by atoms with Crippen LogP contribution in [0.1, 0.15) is 26.5 Å². The second-order valence-corrected chi connectivity index (χ2v) is 5.39. The van der Waals surface area contributed by atoms with Crippen molar-refractivity contribution in [3.8, 4) is 0 Å². The van der Waals surface area contributed by atoms with Gasteiger partial charge in [0.2, 0.25) is 0 Å². The second kappa shape index (κ2) is 3.58. The zero-order valence-electron chi connectivity index (χ0n) is 9.70. The number of benzene rings is 1. The van der Waals surface area contributed by atoms with Crippen LogP contribution in [-0.4, -0.2) is 4.98 Å². The molecular formula is C13H15F2N. The topological polar surface area (TPSA) is 15.8 Å². The van der Waals surface area contributed by atoms with Gasteiger partial charge < -0.3 is 4.98 Å². The number of aromatic nitrogens is 1. The lowest BCUT2D eigenvalue weighted by Gasteiger charge is -2.16. The summed E-state index contributed by atoms with van der Waals surface area (Å²) in [6.07, 6.45) is 0.852. The van der Waals surface area contributed by atoms with E-state index in [-0.39, 0.29) is 5.41 Å². The van der Waals surface area contributed by atoms with E-state index < -0.39 is 11.6 Å². The molecule has 0 bridgehead atoms. The van der Waals surface area contributed by atoms with Crippen molar-refractivity contribution in [1.82, 2.24) is 4.98 Å².